The molecule has 0 amide bonds. The molecule has 0 atom stereocenters. The summed E-state index contributed by atoms with van der Waals surface area (Å²) in [7, 11) is -4.15. The van der Waals surface area contributed by atoms with E-state index in [1.54, 1.807) is 13.8 Å². The molecular weight excluding hydrogens is 235 g/mol. The number of nitrogens with one attached hydrogen (secondary N) is 2. The van der Waals surface area contributed by atoms with E-state index in [0.29, 0.717) is 0 Å². The summed E-state index contributed by atoms with van der Waals surface area (Å²) in [6.45, 7) is 1.33. The number of alkyl halides is 3. The van der Waals surface area contributed by atoms with E-state index in [0.717, 1.165) is 0 Å². The predicted octanol–water partition coefficient (Wildman–Crippen LogP) is -0.290. The van der Waals surface area contributed by atoms with E-state index in [-0.39, 0.29) is 6.54 Å². The van der Waals surface area contributed by atoms with Crippen molar-refractivity contribution in [2.75, 3.05) is 13.1 Å². The topological polar surface area (TPSA) is 84.2 Å². The van der Waals surface area contributed by atoms with Gasteiger partial charge in [-0.15, -0.1) is 0 Å². The van der Waals surface area contributed by atoms with Crippen LogP contribution in [0.2, 0.25) is 0 Å². The number of hydrogen-bond acceptors (Lipinski definition) is 3. The normalized spacial score (nSPS) is 14.3. The molecule has 0 heterocycles. The van der Waals surface area contributed by atoms with Gasteiger partial charge < -0.3 is 5.73 Å². The van der Waals surface area contributed by atoms with E-state index in [1.807, 2.05) is 4.72 Å². The standard InChI is InChI=1S/C6H14F3N3O2S/c1-5(2,10)3-11-15(13,14)12-4-6(7,8)9/h11-12H,3-4,10H2,1-2H3. The third-order valence-corrected chi connectivity index (χ3v) is 2.23. The zero-order valence-corrected chi connectivity index (χ0v) is 9.17. The van der Waals surface area contributed by atoms with Gasteiger partial charge in [0.25, 0.3) is 10.2 Å². The largest absolute Gasteiger partial charge is 0.402 e. The van der Waals surface area contributed by atoms with Crippen molar-refractivity contribution in [3.63, 3.8) is 0 Å². The maximum atomic E-state index is 11.7. The second-order valence-electron chi connectivity index (χ2n) is 3.75. The van der Waals surface area contributed by atoms with Crippen LogP contribution in [0.4, 0.5) is 13.2 Å². The molecule has 0 rings (SSSR count). The maximum Gasteiger partial charge on any atom is 0.402 e. The lowest BCUT2D eigenvalue weighted by Crippen LogP contribution is -2.49. The van der Waals surface area contributed by atoms with Crippen molar-refractivity contribution in [3.05, 3.63) is 0 Å². The van der Waals surface area contributed by atoms with Gasteiger partial charge in [0.1, 0.15) is 6.54 Å². The van der Waals surface area contributed by atoms with Crippen LogP contribution in [0.1, 0.15) is 13.8 Å². The average molecular weight is 249 g/mol. The third-order valence-electron chi connectivity index (χ3n) is 1.18. The van der Waals surface area contributed by atoms with Crippen LogP contribution in [0.3, 0.4) is 0 Å². The van der Waals surface area contributed by atoms with Crippen LogP contribution in [-0.4, -0.2) is 33.2 Å². The Kier molecular flexibility index (Phi) is 4.52. The summed E-state index contributed by atoms with van der Waals surface area (Å²) in [5.41, 5.74) is 4.62. The molecule has 0 aliphatic carbocycles. The van der Waals surface area contributed by atoms with Crippen molar-refractivity contribution in [1.29, 1.82) is 0 Å². The molecule has 9 heteroatoms. The Bertz CT molecular complexity index is 270. The fourth-order valence-corrected chi connectivity index (χ4v) is 1.53. The van der Waals surface area contributed by atoms with Crippen LogP contribution in [0.15, 0.2) is 0 Å². The zero-order chi connectivity index (χ0) is 12.3. The van der Waals surface area contributed by atoms with Crippen LogP contribution in [0, 0.1) is 0 Å². The lowest BCUT2D eigenvalue weighted by atomic mass is 10.1. The summed E-state index contributed by atoms with van der Waals surface area (Å²) >= 11 is 0. The van der Waals surface area contributed by atoms with E-state index >= 15 is 0 Å². The Balaban J connectivity index is 4.11. The summed E-state index contributed by atoms with van der Waals surface area (Å²) in [6.07, 6.45) is -4.58. The Morgan fingerprint density at radius 1 is 1.13 bits per heavy atom. The first-order valence-electron chi connectivity index (χ1n) is 4.01. The summed E-state index contributed by atoms with van der Waals surface area (Å²) in [5.74, 6) is 0. The molecule has 0 saturated heterocycles. The minimum atomic E-state index is -4.58. The van der Waals surface area contributed by atoms with Crippen LogP contribution in [0.25, 0.3) is 0 Å². The van der Waals surface area contributed by atoms with Crippen molar-refractivity contribution in [1.82, 2.24) is 9.44 Å². The van der Waals surface area contributed by atoms with Gasteiger partial charge in [0.05, 0.1) is 0 Å². The quantitative estimate of drug-likeness (QED) is 0.626. The molecule has 5 nitrogen and oxygen atoms in total. The van der Waals surface area contributed by atoms with Gasteiger partial charge in [0.15, 0.2) is 0 Å². The van der Waals surface area contributed by atoms with E-state index in [2.05, 4.69) is 0 Å². The molecule has 92 valence electrons. The number of rotatable bonds is 5. The first-order valence-corrected chi connectivity index (χ1v) is 5.49. The average Bonchev–Trinajstić information content (AvgIpc) is 1.96. The zero-order valence-electron chi connectivity index (χ0n) is 8.35. The molecule has 0 aliphatic heterocycles. The van der Waals surface area contributed by atoms with Crippen molar-refractivity contribution in [2.24, 2.45) is 5.73 Å². The minimum Gasteiger partial charge on any atom is -0.324 e. The Labute approximate surface area is 86.4 Å². The van der Waals surface area contributed by atoms with E-state index in [9.17, 15) is 21.6 Å². The molecule has 0 radical (unpaired) electrons. The molecule has 0 bridgehead atoms. The second-order valence-corrected chi connectivity index (χ2v) is 5.33. The molecular formula is C6H14F3N3O2S. The molecule has 0 aromatic heterocycles. The van der Waals surface area contributed by atoms with Gasteiger partial charge in [0.2, 0.25) is 0 Å². The van der Waals surface area contributed by atoms with Gasteiger partial charge in [-0.1, -0.05) is 0 Å². The van der Waals surface area contributed by atoms with Crippen molar-refractivity contribution in [2.45, 2.75) is 25.6 Å². The highest BCUT2D eigenvalue weighted by Gasteiger charge is 2.29. The minimum absolute atomic E-state index is 0.153. The smallest absolute Gasteiger partial charge is 0.324 e. The van der Waals surface area contributed by atoms with E-state index < -0.39 is 28.5 Å². The van der Waals surface area contributed by atoms with Gasteiger partial charge >= 0.3 is 6.18 Å². The third kappa shape index (κ3) is 9.91. The van der Waals surface area contributed by atoms with Crippen molar-refractivity contribution < 1.29 is 21.6 Å². The molecule has 0 aromatic carbocycles. The highest BCUT2D eigenvalue weighted by Crippen LogP contribution is 2.12. The van der Waals surface area contributed by atoms with Gasteiger partial charge in [-0.05, 0) is 13.8 Å². The number of nitrogens with two attached hydrogens (primary N) is 1. The Morgan fingerprint density at radius 2 is 1.53 bits per heavy atom. The number of hydrogen-bond donors (Lipinski definition) is 3. The molecule has 0 fully saturated rings. The summed E-state index contributed by atoms with van der Waals surface area (Å²) in [5, 5.41) is 0. The van der Waals surface area contributed by atoms with Crippen LogP contribution in [0.5, 0.6) is 0 Å². The second kappa shape index (κ2) is 4.64. The summed E-state index contributed by atoms with van der Waals surface area (Å²) < 4.78 is 60.2. The van der Waals surface area contributed by atoms with Crippen LogP contribution < -0.4 is 15.2 Å². The molecule has 0 aromatic rings. The first-order chi connectivity index (χ1) is 6.41. The lowest BCUT2D eigenvalue weighted by Gasteiger charge is -2.19. The highest BCUT2D eigenvalue weighted by molar-refractivity contribution is 7.87. The van der Waals surface area contributed by atoms with Gasteiger partial charge in [-0.25, -0.2) is 4.72 Å². The van der Waals surface area contributed by atoms with E-state index in [4.69, 9.17) is 5.73 Å². The number of halogens is 3. The van der Waals surface area contributed by atoms with Crippen LogP contribution >= 0.6 is 0 Å². The Morgan fingerprint density at radius 3 is 1.87 bits per heavy atom. The van der Waals surface area contributed by atoms with Gasteiger partial charge in [0, 0.05) is 12.1 Å². The van der Waals surface area contributed by atoms with Crippen molar-refractivity contribution in [3.8, 4) is 0 Å². The van der Waals surface area contributed by atoms with Crippen molar-refractivity contribution >= 4 is 10.2 Å². The molecule has 4 N–H and O–H groups in total. The molecule has 15 heavy (non-hydrogen) atoms. The fraction of sp³-hybridized carbons (Fsp3) is 1.00. The Hall–Kier alpha value is -0.380. The van der Waals surface area contributed by atoms with E-state index in [1.165, 1.54) is 4.72 Å². The summed E-state index contributed by atoms with van der Waals surface area (Å²) in [4.78, 5) is 0. The highest BCUT2D eigenvalue weighted by atomic mass is 32.2. The van der Waals surface area contributed by atoms with Crippen LogP contribution in [-0.2, 0) is 10.2 Å². The molecule has 0 spiro atoms. The van der Waals surface area contributed by atoms with Gasteiger partial charge in [-0.3, -0.25) is 0 Å². The fourth-order valence-electron chi connectivity index (χ4n) is 0.509. The molecule has 0 aliphatic rings. The first kappa shape index (κ1) is 14.6. The lowest BCUT2D eigenvalue weighted by molar-refractivity contribution is -0.121. The summed E-state index contributed by atoms with van der Waals surface area (Å²) in [6, 6.07) is 0. The predicted molar refractivity (Wildman–Crippen MR) is 49.2 cm³/mol. The molecule has 0 unspecified atom stereocenters. The maximum absolute atomic E-state index is 11.7. The molecule has 0 saturated carbocycles. The van der Waals surface area contributed by atoms with Gasteiger partial charge in [-0.2, -0.15) is 26.3 Å². The monoisotopic (exact) mass is 249 g/mol. The SMILES string of the molecule is CC(C)(N)CNS(=O)(=O)NCC(F)(F)F.